The topological polar surface area (TPSA) is 6.48 Å². The van der Waals surface area contributed by atoms with E-state index >= 15 is 0 Å². The Morgan fingerprint density at radius 1 is 0.129 bits per heavy atom. The van der Waals surface area contributed by atoms with Crippen molar-refractivity contribution in [2.75, 3.05) is 9.80 Å². The maximum atomic E-state index is 2.31. The van der Waals surface area contributed by atoms with Gasteiger partial charge in [0.2, 0.25) is 0 Å². The lowest BCUT2D eigenvalue weighted by Gasteiger charge is -2.26. The molecule has 0 unspecified atom stereocenters. The van der Waals surface area contributed by atoms with Crippen LogP contribution in [0.1, 0.15) is 0 Å². The summed E-state index contributed by atoms with van der Waals surface area (Å²) in [5.41, 5.74) is 18.7. The molecule has 0 fully saturated rings. The quantitative estimate of drug-likeness (QED) is 0.129. The van der Waals surface area contributed by atoms with Gasteiger partial charge in [-0.05, 0) is 128 Å². The van der Waals surface area contributed by atoms with E-state index in [1.807, 2.05) is 0 Å². The standard InChI is InChI=1S/C60H44N2/c1-5-13-45(14-6-1)51-29-37-57(38-30-51)61(55-17-9-3-10-18-55)59-41-33-53(34-42-59)49-25-21-47(22-26-49)48-23-27-50(28-24-48)54-35-43-60(44-36-54)62(56-19-11-4-12-20-56)58-39-31-52(32-40-58)46-15-7-2-8-16-46/h1-44H. The van der Waals surface area contributed by atoms with E-state index in [1.165, 1.54) is 55.6 Å². The van der Waals surface area contributed by atoms with Crippen LogP contribution in [0.2, 0.25) is 0 Å². The molecule has 0 spiro atoms. The molecule has 0 amide bonds. The molecule has 0 aromatic heterocycles. The van der Waals surface area contributed by atoms with E-state index < -0.39 is 0 Å². The van der Waals surface area contributed by atoms with E-state index in [4.69, 9.17) is 0 Å². The van der Waals surface area contributed by atoms with Crippen LogP contribution >= 0.6 is 0 Å². The molecular weight excluding hydrogens is 749 g/mol. The third kappa shape index (κ3) is 8.18. The van der Waals surface area contributed by atoms with Gasteiger partial charge in [-0.25, -0.2) is 0 Å². The summed E-state index contributed by atoms with van der Waals surface area (Å²) < 4.78 is 0. The molecule has 2 heteroatoms. The summed E-state index contributed by atoms with van der Waals surface area (Å²) in [4.78, 5) is 4.62. The SMILES string of the molecule is c1ccc(-c2ccc(N(c3ccccc3)c3ccc(-c4ccc(-c5ccc(-c6ccc(N(c7ccccc7)c7ccc(-c8ccccc8)cc7)cc6)cc5)cc4)cc3)cc2)cc1. The molecule has 10 aromatic carbocycles. The zero-order valence-electron chi connectivity index (χ0n) is 34.3. The number of anilines is 6. The summed E-state index contributed by atoms with van der Waals surface area (Å²) >= 11 is 0. The van der Waals surface area contributed by atoms with E-state index in [-0.39, 0.29) is 0 Å². The molecular formula is C60H44N2. The number of para-hydroxylation sites is 2. The summed E-state index contributed by atoms with van der Waals surface area (Å²) in [6.45, 7) is 0. The highest BCUT2D eigenvalue weighted by molar-refractivity contribution is 5.82. The van der Waals surface area contributed by atoms with Gasteiger partial charge in [-0.3, -0.25) is 0 Å². The molecule has 0 aliphatic carbocycles. The van der Waals surface area contributed by atoms with Gasteiger partial charge in [-0.1, -0.05) is 194 Å². The van der Waals surface area contributed by atoms with Gasteiger partial charge in [-0.15, -0.1) is 0 Å². The van der Waals surface area contributed by atoms with Crippen molar-refractivity contribution in [2.24, 2.45) is 0 Å². The average molecular weight is 793 g/mol. The van der Waals surface area contributed by atoms with Crippen molar-refractivity contribution < 1.29 is 0 Å². The molecule has 0 N–H and O–H groups in total. The minimum Gasteiger partial charge on any atom is -0.311 e. The van der Waals surface area contributed by atoms with Crippen molar-refractivity contribution in [3.8, 4) is 55.6 Å². The third-order valence-electron chi connectivity index (χ3n) is 11.5. The van der Waals surface area contributed by atoms with Gasteiger partial charge < -0.3 is 9.80 Å². The fourth-order valence-electron chi connectivity index (χ4n) is 8.23. The van der Waals surface area contributed by atoms with Crippen molar-refractivity contribution in [3.05, 3.63) is 267 Å². The Labute approximate surface area is 364 Å². The van der Waals surface area contributed by atoms with Gasteiger partial charge in [0.05, 0.1) is 0 Å². The first-order valence-corrected chi connectivity index (χ1v) is 21.2. The van der Waals surface area contributed by atoms with Gasteiger partial charge in [0, 0.05) is 34.1 Å². The molecule has 62 heavy (non-hydrogen) atoms. The Bertz CT molecular complexity index is 2750. The summed E-state index contributed by atoms with van der Waals surface area (Å²) in [6.07, 6.45) is 0. The maximum absolute atomic E-state index is 2.31. The number of nitrogens with zero attached hydrogens (tertiary/aromatic N) is 2. The van der Waals surface area contributed by atoms with Crippen LogP contribution in [0.4, 0.5) is 34.1 Å². The predicted octanol–water partition coefficient (Wildman–Crippen LogP) is 17.0. The number of hydrogen-bond acceptors (Lipinski definition) is 2. The second kappa shape index (κ2) is 17.6. The zero-order chi connectivity index (χ0) is 41.5. The minimum atomic E-state index is 1.11. The molecule has 294 valence electrons. The first kappa shape index (κ1) is 38.0. The Kier molecular flexibility index (Phi) is 10.8. The summed E-state index contributed by atoms with van der Waals surface area (Å²) in [5, 5.41) is 0. The van der Waals surface area contributed by atoms with Crippen LogP contribution in [0.25, 0.3) is 55.6 Å². The molecule has 0 heterocycles. The monoisotopic (exact) mass is 792 g/mol. The third-order valence-corrected chi connectivity index (χ3v) is 11.5. The van der Waals surface area contributed by atoms with Crippen molar-refractivity contribution in [1.82, 2.24) is 0 Å². The fourth-order valence-corrected chi connectivity index (χ4v) is 8.23. The molecule has 0 saturated carbocycles. The lowest BCUT2D eigenvalue weighted by atomic mass is 9.97. The second-order valence-electron chi connectivity index (χ2n) is 15.4. The lowest BCUT2D eigenvalue weighted by molar-refractivity contribution is 1.28. The van der Waals surface area contributed by atoms with Gasteiger partial charge >= 0.3 is 0 Å². The predicted molar refractivity (Wildman–Crippen MR) is 263 cm³/mol. The summed E-state index contributed by atoms with van der Waals surface area (Å²) in [7, 11) is 0. The maximum Gasteiger partial charge on any atom is 0.0462 e. The van der Waals surface area contributed by atoms with Crippen LogP contribution in [0.5, 0.6) is 0 Å². The lowest BCUT2D eigenvalue weighted by Crippen LogP contribution is -2.09. The van der Waals surface area contributed by atoms with Gasteiger partial charge in [0.1, 0.15) is 0 Å². The van der Waals surface area contributed by atoms with Crippen molar-refractivity contribution in [2.45, 2.75) is 0 Å². The highest BCUT2D eigenvalue weighted by atomic mass is 15.1. The van der Waals surface area contributed by atoms with E-state index in [0.717, 1.165) is 34.1 Å². The fraction of sp³-hybridized carbons (Fsp3) is 0. The molecule has 10 aromatic rings. The van der Waals surface area contributed by atoms with E-state index in [2.05, 4.69) is 277 Å². The number of hydrogen-bond donors (Lipinski definition) is 0. The average Bonchev–Trinajstić information content (AvgIpc) is 3.36. The number of benzene rings is 10. The Morgan fingerprint density at radius 2 is 0.274 bits per heavy atom. The van der Waals surface area contributed by atoms with E-state index in [0.29, 0.717) is 0 Å². The molecule has 0 bridgehead atoms. The highest BCUT2D eigenvalue weighted by Crippen LogP contribution is 2.39. The van der Waals surface area contributed by atoms with Crippen molar-refractivity contribution in [1.29, 1.82) is 0 Å². The zero-order valence-corrected chi connectivity index (χ0v) is 34.3. The van der Waals surface area contributed by atoms with E-state index in [9.17, 15) is 0 Å². The Morgan fingerprint density at radius 3 is 0.484 bits per heavy atom. The van der Waals surface area contributed by atoms with Crippen LogP contribution < -0.4 is 9.80 Å². The van der Waals surface area contributed by atoms with Gasteiger partial charge in [0.15, 0.2) is 0 Å². The molecule has 0 aliphatic heterocycles. The Hall–Kier alpha value is -8.20. The Balaban J connectivity index is 0.843. The van der Waals surface area contributed by atoms with Gasteiger partial charge in [0.25, 0.3) is 0 Å². The van der Waals surface area contributed by atoms with Crippen molar-refractivity contribution >= 4 is 34.1 Å². The molecule has 0 atom stereocenters. The first-order chi connectivity index (χ1) is 30.7. The second-order valence-corrected chi connectivity index (χ2v) is 15.4. The van der Waals surface area contributed by atoms with Crippen LogP contribution in [0.15, 0.2) is 267 Å². The first-order valence-electron chi connectivity index (χ1n) is 21.2. The molecule has 0 saturated heterocycles. The van der Waals surface area contributed by atoms with Crippen LogP contribution in [0.3, 0.4) is 0 Å². The van der Waals surface area contributed by atoms with Crippen LogP contribution in [-0.4, -0.2) is 0 Å². The van der Waals surface area contributed by atoms with E-state index in [1.54, 1.807) is 0 Å². The van der Waals surface area contributed by atoms with Crippen LogP contribution in [0, 0.1) is 0 Å². The number of rotatable bonds is 11. The van der Waals surface area contributed by atoms with Crippen molar-refractivity contribution in [3.63, 3.8) is 0 Å². The summed E-state index contributed by atoms with van der Waals surface area (Å²) in [5.74, 6) is 0. The largest absolute Gasteiger partial charge is 0.311 e. The minimum absolute atomic E-state index is 1.11. The summed E-state index contributed by atoms with van der Waals surface area (Å²) in [6, 6.07) is 95.4. The smallest absolute Gasteiger partial charge is 0.0462 e. The van der Waals surface area contributed by atoms with Crippen LogP contribution in [-0.2, 0) is 0 Å². The molecule has 2 nitrogen and oxygen atoms in total. The normalized spacial score (nSPS) is 10.9. The molecule has 10 rings (SSSR count). The highest BCUT2D eigenvalue weighted by Gasteiger charge is 2.15. The molecule has 0 aliphatic rings. The van der Waals surface area contributed by atoms with Gasteiger partial charge in [-0.2, -0.15) is 0 Å². The molecule has 0 radical (unpaired) electrons.